The number of nitro groups is 1. The van der Waals surface area contributed by atoms with Gasteiger partial charge in [-0.1, -0.05) is 0 Å². The second-order valence-corrected chi connectivity index (χ2v) is 6.14. The number of carbonyl (C=O) groups excluding carboxylic acids is 1. The Morgan fingerprint density at radius 1 is 1.38 bits per heavy atom. The summed E-state index contributed by atoms with van der Waals surface area (Å²) in [6.07, 6.45) is 0. The van der Waals surface area contributed by atoms with Crippen molar-refractivity contribution in [3.8, 4) is 5.75 Å². The van der Waals surface area contributed by atoms with Gasteiger partial charge in [-0.15, -0.1) is 11.3 Å². The van der Waals surface area contributed by atoms with E-state index >= 15 is 0 Å². The van der Waals surface area contributed by atoms with Gasteiger partial charge in [0.2, 0.25) is 0 Å². The third-order valence-electron chi connectivity index (χ3n) is 3.59. The highest BCUT2D eigenvalue weighted by Crippen LogP contribution is 2.27. The smallest absolute Gasteiger partial charge is 0.338 e. The quantitative estimate of drug-likeness (QED) is 0.382. The van der Waals surface area contributed by atoms with E-state index in [-0.39, 0.29) is 29.2 Å². The van der Waals surface area contributed by atoms with Gasteiger partial charge in [0, 0.05) is 23.2 Å². The Morgan fingerprint density at radius 2 is 2.15 bits per heavy atom. The predicted octanol–water partition coefficient (Wildman–Crippen LogP) is 2.34. The fraction of sp³-hybridized carbons (Fsp3) is 0.188. The van der Waals surface area contributed by atoms with Crippen molar-refractivity contribution in [2.45, 2.75) is 13.5 Å². The fourth-order valence-electron chi connectivity index (χ4n) is 2.36. The number of nitro benzene ring substituents is 1. The second-order valence-electron chi connectivity index (χ2n) is 5.30. The van der Waals surface area contributed by atoms with Gasteiger partial charge >= 0.3 is 11.7 Å². The molecule has 3 rings (SSSR count). The summed E-state index contributed by atoms with van der Waals surface area (Å²) < 4.78 is 11.5. The lowest BCUT2D eigenvalue weighted by Crippen LogP contribution is -2.16. The molecule has 3 aromatic rings. The molecule has 0 spiro atoms. The summed E-state index contributed by atoms with van der Waals surface area (Å²) in [6.45, 7) is 1.57. The summed E-state index contributed by atoms with van der Waals surface area (Å²) in [5.41, 5.74) is 0.473. The average Bonchev–Trinajstić information content (AvgIpc) is 3.00. The molecule has 0 bridgehead atoms. The molecule has 0 aliphatic carbocycles. The number of ether oxygens (including phenoxy) is 2. The van der Waals surface area contributed by atoms with Crippen LogP contribution >= 0.6 is 11.3 Å². The summed E-state index contributed by atoms with van der Waals surface area (Å²) in [5.74, 6) is -0.722. The Hall–Kier alpha value is -3.27. The van der Waals surface area contributed by atoms with E-state index in [1.165, 1.54) is 41.0 Å². The maximum absolute atomic E-state index is 12.2. The summed E-state index contributed by atoms with van der Waals surface area (Å²) in [5, 5.41) is 12.8. The van der Waals surface area contributed by atoms with Crippen molar-refractivity contribution < 1.29 is 19.2 Å². The molecule has 10 heteroatoms. The Bertz CT molecular complexity index is 1070. The molecule has 0 atom stereocenters. The van der Waals surface area contributed by atoms with Crippen LogP contribution in [0.2, 0.25) is 0 Å². The van der Waals surface area contributed by atoms with Crippen molar-refractivity contribution in [1.29, 1.82) is 0 Å². The Morgan fingerprint density at radius 3 is 2.85 bits per heavy atom. The van der Waals surface area contributed by atoms with Gasteiger partial charge in [0.1, 0.15) is 6.61 Å². The van der Waals surface area contributed by atoms with Crippen LogP contribution in [0.4, 0.5) is 5.69 Å². The number of methoxy groups -OCH3 is 1. The lowest BCUT2D eigenvalue weighted by atomic mass is 10.2. The molecule has 0 saturated heterocycles. The minimum absolute atomic E-state index is 0.00210. The van der Waals surface area contributed by atoms with Crippen molar-refractivity contribution in [2.24, 2.45) is 0 Å². The maximum Gasteiger partial charge on any atom is 0.338 e. The highest BCUT2D eigenvalue weighted by Gasteiger charge is 2.19. The lowest BCUT2D eigenvalue weighted by molar-refractivity contribution is -0.385. The predicted molar refractivity (Wildman–Crippen MR) is 92.8 cm³/mol. The molecule has 0 N–H and O–H groups in total. The van der Waals surface area contributed by atoms with Gasteiger partial charge in [0.05, 0.1) is 23.3 Å². The molecule has 0 amide bonds. The average molecular weight is 375 g/mol. The zero-order valence-corrected chi connectivity index (χ0v) is 14.6. The highest BCUT2D eigenvalue weighted by molar-refractivity contribution is 7.15. The largest absolute Gasteiger partial charge is 0.490 e. The molecular formula is C16H13N3O6S. The van der Waals surface area contributed by atoms with E-state index in [2.05, 4.69) is 4.98 Å². The standard InChI is InChI=1S/C16H13N3O6S/c1-9-8-26-16-17-11(6-14(20)18(9)16)7-25-15(21)10-3-4-13(24-2)12(5-10)19(22)23/h3-6,8H,7H2,1-2H3. The molecule has 134 valence electrons. The highest BCUT2D eigenvalue weighted by atomic mass is 32.1. The van der Waals surface area contributed by atoms with Gasteiger partial charge in [-0.3, -0.25) is 19.3 Å². The monoisotopic (exact) mass is 375 g/mol. The van der Waals surface area contributed by atoms with Gasteiger partial charge in [0.25, 0.3) is 5.56 Å². The number of esters is 1. The number of hydrogen-bond donors (Lipinski definition) is 0. The molecule has 9 nitrogen and oxygen atoms in total. The molecule has 0 radical (unpaired) electrons. The van der Waals surface area contributed by atoms with Crippen LogP contribution in [0, 0.1) is 17.0 Å². The molecule has 0 saturated carbocycles. The zero-order valence-electron chi connectivity index (χ0n) is 13.8. The minimum atomic E-state index is -0.764. The van der Waals surface area contributed by atoms with Crippen molar-refractivity contribution in [2.75, 3.05) is 7.11 Å². The Balaban J connectivity index is 1.80. The molecule has 1 aromatic carbocycles. The van der Waals surface area contributed by atoms with E-state index in [9.17, 15) is 19.7 Å². The first-order chi connectivity index (χ1) is 12.4. The maximum atomic E-state index is 12.2. The van der Waals surface area contributed by atoms with Crippen LogP contribution in [0.15, 0.2) is 34.4 Å². The number of fused-ring (bicyclic) bond motifs is 1. The Labute approximate surface area is 150 Å². The van der Waals surface area contributed by atoms with Crippen LogP contribution in [-0.2, 0) is 11.3 Å². The van der Waals surface area contributed by atoms with Crippen molar-refractivity contribution in [3.63, 3.8) is 0 Å². The van der Waals surface area contributed by atoms with Gasteiger partial charge < -0.3 is 9.47 Å². The van der Waals surface area contributed by atoms with Gasteiger partial charge in [-0.05, 0) is 19.1 Å². The van der Waals surface area contributed by atoms with Crippen LogP contribution in [0.3, 0.4) is 0 Å². The van der Waals surface area contributed by atoms with Crippen molar-refractivity contribution in [1.82, 2.24) is 9.38 Å². The molecule has 0 aliphatic rings. The van der Waals surface area contributed by atoms with E-state index in [0.29, 0.717) is 10.7 Å². The van der Waals surface area contributed by atoms with Gasteiger partial charge in [-0.25, -0.2) is 9.78 Å². The number of thiazole rings is 1. The van der Waals surface area contributed by atoms with E-state index in [1.807, 2.05) is 0 Å². The van der Waals surface area contributed by atoms with Crippen LogP contribution in [0.1, 0.15) is 21.7 Å². The molecule has 0 aliphatic heterocycles. The van der Waals surface area contributed by atoms with Gasteiger partial charge in [0.15, 0.2) is 10.7 Å². The Kier molecular flexibility index (Phi) is 4.67. The molecule has 0 unspecified atom stereocenters. The minimum Gasteiger partial charge on any atom is -0.490 e. The molecule has 2 aromatic heterocycles. The van der Waals surface area contributed by atoms with Crippen molar-refractivity contribution in [3.05, 3.63) is 67.1 Å². The SMILES string of the molecule is COc1ccc(C(=O)OCc2cc(=O)n3c(C)csc3n2)cc1[N+](=O)[O-]. The summed E-state index contributed by atoms with van der Waals surface area (Å²) in [4.78, 5) is 39.4. The number of aryl methyl sites for hydroxylation is 1. The van der Waals surface area contributed by atoms with Crippen LogP contribution in [0.5, 0.6) is 5.75 Å². The number of aromatic nitrogens is 2. The lowest BCUT2D eigenvalue weighted by Gasteiger charge is -2.06. The molecule has 0 fully saturated rings. The topological polar surface area (TPSA) is 113 Å². The van der Waals surface area contributed by atoms with Crippen LogP contribution in [0.25, 0.3) is 4.96 Å². The van der Waals surface area contributed by atoms with Crippen LogP contribution < -0.4 is 10.3 Å². The molecular weight excluding hydrogens is 362 g/mol. The van der Waals surface area contributed by atoms with Crippen LogP contribution in [-0.4, -0.2) is 27.4 Å². The third-order valence-corrected chi connectivity index (χ3v) is 4.53. The van der Waals surface area contributed by atoms with E-state index in [1.54, 1.807) is 12.3 Å². The van der Waals surface area contributed by atoms with Gasteiger partial charge in [-0.2, -0.15) is 0 Å². The summed E-state index contributed by atoms with van der Waals surface area (Å²) >= 11 is 1.30. The third kappa shape index (κ3) is 3.26. The number of rotatable bonds is 5. The van der Waals surface area contributed by atoms with E-state index in [4.69, 9.17) is 9.47 Å². The number of carbonyl (C=O) groups is 1. The summed E-state index contributed by atoms with van der Waals surface area (Å²) in [6, 6.07) is 5.05. The molecule has 26 heavy (non-hydrogen) atoms. The number of benzene rings is 1. The first-order valence-electron chi connectivity index (χ1n) is 7.37. The zero-order chi connectivity index (χ0) is 18.8. The number of nitrogens with zero attached hydrogens (tertiary/aromatic N) is 3. The normalized spacial score (nSPS) is 10.7. The van der Waals surface area contributed by atoms with E-state index in [0.717, 1.165) is 11.8 Å². The fourth-order valence-corrected chi connectivity index (χ4v) is 3.25. The number of hydrogen-bond acceptors (Lipinski definition) is 8. The first kappa shape index (κ1) is 17.5. The summed E-state index contributed by atoms with van der Waals surface area (Å²) in [7, 11) is 1.30. The molecule has 2 heterocycles. The second kappa shape index (κ2) is 6.92. The first-order valence-corrected chi connectivity index (χ1v) is 8.25. The van der Waals surface area contributed by atoms with Crippen molar-refractivity contribution >= 4 is 28.0 Å². The van der Waals surface area contributed by atoms with E-state index < -0.39 is 10.9 Å².